The second kappa shape index (κ2) is 8.91. The minimum Gasteiger partial charge on any atom is -0.352 e. The van der Waals surface area contributed by atoms with Gasteiger partial charge in [-0.05, 0) is 25.2 Å². The molecule has 0 spiro atoms. The van der Waals surface area contributed by atoms with E-state index in [4.69, 9.17) is 23.2 Å². The molecule has 1 aromatic heterocycles. The average molecular weight is 407 g/mol. The van der Waals surface area contributed by atoms with Crippen LogP contribution in [0.2, 0.25) is 10.0 Å². The maximum Gasteiger partial charge on any atom is 0.244 e. The third-order valence-corrected chi connectivity index (χ3v) is 5.45. The number of piperazine rings is 1. The first-order chi connectivity index (χ1) is 13.0. The maximum atomic E-state index is 13.3. The van der Waals surface area contributed by atoms with Crippen LogP contribution in [0.1, 0.15) is 18.5 Å². The summed E-state index contributed by atoms with van der Waals surface area (Å²) in [6.45, 7) is 5.53. The monoisotopic (exact) mass is 406 g/mol. The molecule has 1 amide bonds. The molecule has 2 aromatic rings. The van der Waals surface area contributed by atoms with Crippen LogP contribution in [0.15, 0.2) is 42.6 Å². The van der Waals surface area contributed by atoms with Gasteiger partial charge in [0.1, 0.15) is 11.9 Å². The van der Waals surface area contributed by atoms with Gasteiger partial charge in [0, 0.05) is 32.4 Å². The lowest BCUT2D eigenvalue weighted by molar-refractivity contribution is -0.137. The molecule has 0 bridgehead atoms. The molecule has 3 rings (SSSR count). The summed E-state index contributed by atoms with van der Waals surface area (Å²) in [6, 6.07) is 11.4. The Labute approximate surface area is 170 Å². The zero-order chi connectivity index (χ0) is 19.4. The van der Waals surface area contributed by atoms with Crippen molar-refractivity contribution in [2.45, 2.75) is 13.0 Å². The molecule has 1 aromatic carbocycles. The fraction of sp³-hybridized carbons (Fsp3) is 0.400. The van der Waals surface area contributed by atoms with Gasteiger partial charge < -0.3 is 9.80 Å². The Bertz CT molecular complexity index is 779. The van der Waals surface area contributed by atoms with Crippen molar-refractivity contribution in [3.05, 3.63) is 58.2 Å². The van der Waals surface area contributed by atoms with E-state index in [-0.39, 0.29) is 11.9 Å². The number of halogens is 2. The van der Waals surface area contributed by atoms with Crippen molar-refractivity contribution in [1.82, 2.24) is 14.8 Å². The van der Waals surface area contributed by atoms with Crippen molar-refractivity contribution in [3.63, 3.8) is 0 Å². The van der Waals surface area contributed by atoms with Crippen molar-refractivity contribution >= 4 is 34.9 Å². The van der Waals surface area contributed by atoms with E-state index in [2.05, 4.69) is 21.7 Å². The number of pyridine rings is 1. The van der Waals surface area contributed by atoms with Gasteiger partial charge >= 0.3 is 0 Å². The maximum absolute atomic E-state index is 13.3. The SMILES string of the molecule is CCN(C)C(C(=O)N1CCN(c2ncc(Cl)cc2Cl)CC1)c1ccccc1. The molecular formula is C20H24Cl2N4O. The van der Waals surface area contributed by atoms with E-state index >= 15 is 0 Å². The first-order valence-corrected chi connectivity index (χ1v) is 9.86. The zero-order valence-corrected chi connectivity index (χ0v) is 17.1. The second-order valence-electron chi connectivity index (χ2n) is 6.66. The van der Waals surface area contributed by atoms with E-state index in [1.807, 2.05) is 42.3 Å². The Morgan fingerprint density at radius 3 is 2.44 bits per heavy atom. The molecule has 0 aliphatic carbocycles. The fourth-order valence-corrected chi connectivity index (χ4v) is 3.85. The van der Waals surface area contributed by atoms with Gasteiger partial charge in [-0.3, -0.25) is 9.69 Å². The summed E-state index contributed by atoms with van der Waals surface area (Å²) in [5, 5.41) is 1.06. The Morgan fingerprint density at radius 1 is 1.19 bits per heavy atom. The number of aromatic nitrogens is 1. The molecule has 27 heavy (non-hydrogen) atoms. The van der Waals surface area contributed by atoms with Gasteiger partial charge in [-0.15, -0.1) is 0 Å². The quantitative estimate of drug-likeness (QED) is 0.758. The fourth-order valence-electron chi connectivity index (χ4n) is 3.36. The topological polar surface area (TPSA) is 39.7 Å². The smallest absolute Gasteiger partial charge is 0.244 e. The standard InChI is InChI=1S/C20H24Cl2N4O/c1-3-24(2)18(15-7-5-4-6-8-15)20(27)26-11-9-25(10-12-26)19-17(22)13-16(21)14-23-19/h4-8,13-14,18H,3,9-12H2,1-2H3. The van der Waals surface area contributed by atoms with E-state index in [9.17, 15) is 4.79 Å². The van der Waals surface area contributed by atoms with E-state index in [1.165, 1.54) is 0 Å². The normalized spacial score (nSPS) is 15.9. The van der Waals surface area contributed by atoms with Crippen LogP contribution in [-0.4, -0.2) is 60.5 Å². The molecule has 1 aliphatic heterocycles. The van der Waals surface area contributed by atoms with Crippen molar-refractivity contribution in [3.8, 4) is 0 Å². The zero-order valence-electron chi connectivity index (χ0n) is 15.6. The largest absolute Gasteiger partial charge is 0.352 e. The third kappa shape index (κ3) is 4.54. The lowest BCUT2D eigenvalue weighted by Gasteiger charge is -2.38. The summed E-state index contributed by atoms with van der Waals surface area (Å²) >= 11 is 12.2. The van der Waals surface area contributed by atoms with Crippen LogP contribution >= 0.6 is 23.2 Å². The Hall–Kier alpha value is -1.82. The molecular weight excluding hydrogens is 383 g/mol. The number of hydrogen-bond donors (Lipinski definition) is 0. The summed E-state index contributed by atoms with van der Waals surface area (Å²) in [5.74, 6) is 0.860. The number of anilines is 1. The van der Waals surface area contributed by atoms with Gasteiger partial charge in [0.15, 0.2) is 0 Å². The highest BCUT2D eigenvalue weighted by atomic mass is 35.5. The molecule has 1 aliphatic rings. The first-order valence-electron chi connectivity index (χ1n) is 9.11. The van der Waals surface area contributed by atoms with Gasteiger partial charge in [-0.25, -0.2) is 4.98 Å². The van der Waals surface area contributed by atoms with Gasteiger partial charge in [0.2, 0.25) is 5.91 Å². The van der Waals surface area contributed by atoms with Crippen LogP contribution in [0, 0.1) is 0 Å². The number of carbonyl (C=O) groups is 1. The minimum absolute atomic E-state index is 0.139. The summed E-state index contributed by atoms with van der Waals surface area (Å²) in [7, 11) is 1.99. The summed E-state index contributed by atoms with van der Waals surface area (Å²) < 4.78 is 0. The van der Waals surface area contributed by atoms with Crippen LogP contribution < -0.4 is 4.90 Å². The molecule has 144 valence electrons. The molecule has 1 fully saturated rings. The van der Waals surface area contributed by atoms with Crippen LogP contribution in [0.4, 0.5) is 5.82 Å². The molecule has 7 heteroatoms. The van der Waals surface area contributed by atoms with Gasteiger partial charge in [0.05, 0.1) is 10.0 Å². The summed E-state index contributed by atoms with van der Waals surface area (Å²) in [6.07, 6.45) is 1.60. The van der Waals surface area contributed by atoms with E-state index in [0.717, 1.165) is 17.9 Å². The van der Waals surface area contributed by atoms with Crippen molar-refractivity contribution in [1.29, 1.82) is 0 Å². The number of likely N-dealkylation sites (N-methyl/N-ethyl adjacent to an activating group) is 1. The van der Waals surface area contributed by atoms with Crippen molar-refractivity contribution < 1.29 is 4.79 Å². The molecule has 0 saturated carbocycles. The highest BCUT2D eigenvalue weighted by Gasteiger charge is 2.31. The van der Waals surface area contributed by atoms with Crippen molar-refractivity contribution in [2.75, 3.05) is 44.7 Å². The van der Waals surface area contributed by atoms with Crippen molar-refractivity contribution in [2.24, 2.45) is 0 Å². The van der Waals surface area contributed by atoms with E-state index in [0.29, 0.717) is 36.2 Å². The van der Waals surface area contributed by atoms with Crippen LogP contribution in [0.25, 0.3) is 0 Å². The lowest BCUT2D eigenvalue weighted by Crippen LogP contribution is -2.52. The predicted octanol–water partition coefficient (Wildman–Crippen LogP) is 3.73. The highest BCUT2D eigenvalue weighted by Crippen LogP contribution is 2.28. The molecule has 1 saturated heterocycles. The van der Waals surface area contributed by atoms with Crippen LogP contribution in [0.3, 0.4) is 0 Å². The molecule has 0 radical (unpaired) electrons. The number of nitrogens with zero attached hydrogens (tertiary/aromatic N) is 4. The predicted molar refractivity (Wildman–Crippen MR) is 111 cm³/mol. The minimum atomic E-state index is -0.264. The van der Waals surface area contributed by atoms with Crippen LogP contribution in [-0.2, 0) is 4.79 Å². The first kappa shape index (κ1) is 19.9. The van der Waals surface area contributed by atoms with Gasteiger partial charge in [-0.1, -0.05) is 60.5 Å². The Morgan fingerprint density at radius 2 is 1.85 bits per heavy atom. The summed E-state index contributed by atoms with van der Waals surface area (Å²) in [5.41, 5.74) is 1.02. The molecule has 0 N–H and O–H groups in total. The van der Waals surface area contributed by atoms with Crippen LogP contribution in [0.5, 0.6) is 0 Å². The number of hydrogen-bond acceptors (Lipinski definition) is 4. The summed E-state index contributed by atoms with van der Waals surface area (Å²) in [4.78, 5) is 23.7. The van der Waals surface area contributed by atoms with E-state index in [1.54, 1.807) is 12.3 Å². The number of amides is 1. The van der Waals surface area contributed by atoms with Gasteiger partial charge in [-0.2, -0.15) is 0 Å². The lowest BCUT2D eigenvalue weighted by atomic mass is 10.0. The molecule has 5 nitrogen and oxygen atoms in total. The Balaban J connectivity index is 1.71. The highest BCUT2D eigenvalue weighted by molar-refractivity contribution is 6.36. The van der Waals surface area contributed by atoms with Gasteiger partial charge in [0.25, 0.3) is 0 Å². The van der Waals surface area contributed by atoms with E-state index < -0.39 is 0 Å². The molecule has 1 unspecified atom stereocenters. The molecule has 1 atom stereocenters. The Kier molecular flexibility index (Phi) is 6.58. The third-order valence-electron chi connectivity index (χ3n) is 4.97. The number of rotatable bonds is 5. The molecule has 2 heterocycles. The number of benzene rings is 1. The second-order valence-corrected chi connectivity index (χ2v) is 7.50. The average Bonchev–Trinajstić information content (AvgIpc) is 2.69. The number of carbonyl (C=O) groups excluding carboxylic acids is 1.